The Kier molecular flexibility index (Phi) is 5.85. The summed E-state index contributed by atoms with van der Waals surface area (Å²) in [4.78, 5) is 11.9. The van der Waals surface area contributed by atoms with Crippen LogP contribution in [-0.2, 0) is 0 Å². The minimum absolute atomic E-state index is 0.0308. The highest BCUT2D eigenvalue weighted by Gasteiger charge is 2.09. The lowest BCUT2D eigenvalue weighted by molar-refractivity contribution is 0.0938. The molecule has 0 heterocycles. The normalized spacial score (nSPS) is 13.1. The molecule has 0 aliphatic carbocycles. The number of nitrogens with one attached hydrogen (secondary N) is 1. The maximum absolute atomic E-state index is 11.9. The summed E-state index contributed by atoms with van der Waals surface area (Å²) in [6, 6.07) is 6.79. The van der Waals surface area contributed by atoms with Gasteiger partial charge in [-0.05, 0) is 25.5 Å². The lowest BCUT2D eigenvalue weighted by atomic mass is 10.1. The van der Waals surface area contributed by atoms with Crippen LogP contribution in [0.1, 0.15) is 49.0 Å². The second-order valence-electron chi connectivity index (χ2n) is 4.58. The van der Waals surface area contributed by atoms with Crippen LogP contribution in [0.15, 0.2) is 29.4 Å². The first kappa shape index (κ1) is 15.0. The van der Waals surface area contributed by atoms with E-state index in [1.807, 2.05) is 6.92 Å². The molecule has 0 fully saturated rings. The molecule has 1 unspecified atom stereocenters. The van der Waals surface area contributed by atoms with Crippen LogP contribution in [-0.4, -0.2) is 23.0 Å². The zero-order valence-corrected chi connectivity index (χ0v) is 11.4. The van der Waals surface area contributed by atoms with Gasteiger partial charge in [0.05, 0.1) is 0 Å². The summed E-state index contributed by atoms with van der Waals surface area (Å²) in [5.74, 6) is -0.0714. The molecular weight excluding hydrogens is 242 g/mol. The molecule has 5 nitrogen and oxygen atoms in total. The van der Waals surface area contributed by atoms with E-state index in [0.717, 1.165) is 19.3 Å². The van der Waals surface area contributed by atoms with Crippen molar-refractivity contribution in [3.8, 4) is 0 Å². The standard InChI is InChI=1S/C14H21N3O2/c1-3-4-5-10(2)16-14(18)12-8-6-11(7-9-12)13(15)17-19/h6-10,19H,3-5H2,1-2H3,(H2,15,17)(H,16,18). The number of rotatable bonds is 6. The molecule has 1 aromatic carbocycles. The van der Waals surface area contributed by atoms with Crippen LogP contribution < -0.4 is 11.1 Å². The average molecular weight is 263 g/mol. The van der Waals surface area contributed by atoms with Crippen molar-refractivity contribution in [3.05, 3.63) is 35.4 Å². The van der Waals surface area contributed by atoms with Crippen molar-refractivity contribution >= 4 is 11.7 Å². The number of nitrogens with two attached hydrogens (primary N) is 1. The highest BCUT2D eigenvalue weighted by atomic mass is 16.4. The van der Waals surface area contributed by atoms with Gasteiger partial charge in [0.25, 0.3) is 5.91 Å². The molecule has 1 amide bonds. The lowest BCUT2D eigenvalue weighted by Gasteiger charge is -2.13. The Labute approximate surface area is 113 Å². The molecule has 0 radical (unpaired) electrons. The molecule has 104 valence electrons. The number of unbranched alkanes of at least 4 members (excludes halogenated alkanes) is 1. The van der Waals surface area contributed by atoms with Crippen molar-refractivity contribution in [1.82, 2.24) is 5.32 Å². The monoisotopic (exact) mass is 263 g/mol. The first-order chi connectivity index (χ1) is 9.08. The highest BCUT2D eigenvalue weighted by Crippen LogP contribution is 2.06. The summed E-state index contributed by atoms with van der Waals surface area (Å²) in [6.07, 6.45) is 3.20. The first-order valence-electron chi connectivity index (χ1n) is 6.47. The number of oxime groups is 1. The molecule has 0 aliphatic rings. The van der Waals surface area contributed by atoms with Crippen molar-refractivity contribution < 1.29 is 10.0 Å². The smallest absolute Gasteiger partial charge is 0.251 e. The fourth-order valence-corrected chi connectivity index (χ4v) is 1.74. The van der Waals surface area contributed by atoms with Crippen molar-refractivity contribution in [2.75, 3.05) is 0 Å². The Morgan fingerprint density at radius 1 is 1.37 bits per heavy atom. The number of benzene rings is 1. The number of hydrogen-bond donors (Lipinski definition) is 3. The minimum Gasteiger partial charge on any atom is -0.409 e. The van der Waals surface area contributed by atoms with E-state index in [9.17, 15) is 4.79 Å². The molecule has 1 aromatic rings. The molecule has 0 aromatic heterocycles. The fraction of sp³-hybridized carbons (Fsp3) is 0.429. The molecule has 4 N–H and O–H groups in total. The van der Waals surface area contributed by atoms with Crippen LogP contribution >= 0.6 is 0 Å². The van der Waals surface area contributed by atoms with Gasteiger partial charge >= 0.3 is 0 Å². The van der Waals surface area contributed by atoms with Crippen LogP contribution in [0.25, 0.3) is 0 Å². The van der Waals surface area contributed by atoms with Gasteiger partial charge in [-0.2, -0.15) is 0 Å². The molecule has 1 rings (SSSR count). The van der Waals surface area contributed by atoms with E-state index >= 15 is 0 Å². The van der Waals surface area contributed by atoms with Crippen LogP contribution in [0.5, 0.6) is 0 Å². The summed E-state index contributed by atoms with van der Waals surface area (Å²) >= 11 is 0. The molecule has 0 saturated carbocycles. The molecule has 0 aliphatic heterocycles. The largest absolute Gasteiger partial charge is 0.409 e. The third-order valence-electron chi connectivity index (χ3n) is 2.92. The van der Waals surface area contributed by atoms with Crippen molar-refractivity contribution in [2.24, 2.45) is 10.9 Å². The van der Waals surface area contributed by atoms with Crippen LogP contribution in [0.4, 0.5) is 0 Å². The zero-order valence-electron chi connectivity index (χ0n) is 11.4. The Balaban J connectivity index is 2.63. The Hall–Kier alpha value is -2.04. The van der Waals surface area contributed by atoms with E-state index < -0.39 is 0 Å². The minimum atomic E-state index is -0.102. The average Bonchev–Trinajstić information content (AvgIpc) is 2.44. The maximum Gasteiger partial charge on any atom is 0.251 e. The molecular formula is C14H21N3O2. The number of carbonyl (C=O) groups is 1. The van der Waals surface area contributed by atoms with E-state index in [1.165, 1.54) is 0 Å². The zero-order chi connectivity index (χ0) is 14.3. The number of nitrogens with zero attached hydrogens (tertiary/aromatic N) is 1. The van der Waals surface area contributed by atoms with Gasteiger partial charge in [-0.1, -0.05) is 37.1 Å². The first-order valence-corrected chi connectivity index (χ1v) is 6.47. The number of amidine groups is 1. The van der Waals surface area contributed by atoms with Gasteiger partial charge in [-0.25, -0.2) is 0 Å². The molecule has 0 spiro atoms. The van der Waals surface area contributed by atoms with Gasteiger partial charge in [0.2, 0.25) is 0 Å². The van der Waals surface area contributed by atoms with Crippen LogP contribution in [0, 0.1) is 0 Å². The van der Waals surface area contributed by atoms with Crippen molar-refractivity contribution in [2.45, 2.75) is 39.2 Å². The van der Waals surface area contributed by atoms with Gasteiger partial charge in [0.1, 0.15) is 0 Å². The number of carbonyl (C=O) groups excluding carboxylic acids is 1. The predicted molar refractivity (Wildman–Crippen MR) is 75.4 cm³/mol. The lowest BCUT2D eigenvalue weighted by Crippen LogP contribution is -2.32. The Bertz CT molecular complexity index is 441. The van der Waals surface area contributed by atoms with Crippen LogP contribution in [0.2, 0.25) is 0 Å². The third-order valence-corrected chi connectivity index (χ3v) is 2.92. The summed E-state index contributed by atoms with van der Waals surface area (Å²) in [5.41, 5.74) is 6.60. The molecule has 19 heavy (non-hydrogen) atoms. The summed E-state index contributed by atoms with van der Waals surface area (Å²) < 4.78 is 0. The van der Waals surface area contributed by atoms with Gasteiger partial charge in [-0.15, -0.1) is 0 Å². The Morgan fingerprint density at radius 2 is 1.95 bits per heavy atom. The van der Waals surface area contributed by atoms with Crippen molar-refractivity contribution in [3.63, 3.8) is 0 Å². The highest BCUT2D eigenvalue weighted by molar-refractivity contribution is 5.99. The summed E-state index contributed by atoms with van der Waals surface area (Å²) in [7, 11) is 0. The summed E-state index contributed by atoms with van der Waals surface area (Å²) in [5, 5.41) is 14.4. The van der Waals surface area contributed by atoms with E-state index in [2.05, 4.69) is 17.4 Å². The summed E-state index contributed by atoms with van der Waals surface area (Å²) in [6.45, 7) is 4.12. The third kappa shape index (κ3) is 4.62. The topological polar surface area (TPSA) is 87.7 Å². The van der Waals surface area contributed by atoms with E-state index in [0.29, 0.717) is 11.1 Å². The van der Waals surface area contributed by atoms with Gasteiger partial charge < -0.3 is 16.3 Å². The maximum atomic E-state index is 11.9. The van der Waals surface area contributed by atoms with Gasteiger partial charge in [0, 0.05) is 17.2 Å². The van der Waals surface area contributed by atoms with Crippen molar-refractivity contribution in [1.29, 1.82) is 0 Å². The quantitative estimate of drug-likeness (QED) is 0.318. The van der Waals surface area contributed by atoms with E-state index in [-0.39, 0.29) is 17.8 Å². The van der Waals surface area contributed by atoms with Gasteiger partial charge in [-0.3, -0.25) is 4.79 Å². The fourth-order valence-electron chi connectivity index (χ4n) is 1.74. The SMILES string of the molecule is CCCCC(C)NC(=O)c1ccc(/C(N)=N/O)cc1. The second kappa shape index (κ2) is 7.41. The predicted octanol–water partition coefficient (Wildman–Crippen LogP) is 2.09. The van der Waals surface area contributed by atoms with Gasteiger partial charge in [0.15, 0.2) is 5.84 Å². The molecule has 0 bridgehead atoms. The Morgan fingerprint density at radius 3 is 2.47 bits per heavy atom. The second-order valence-corrected chi connectivity index (χ2v) is 4.58. The van der Waals surface area contributed by atoms with E-state index in [4.69, 9.17) is 10.9 Å². The number of hydrogen-bond acceptors (Lipinski definition) is 3. The van der Waals surface area contributed by atoms with E-state index in [1.54, 1.807) is 24.3 Å². The molecule has 0 saturated heterocycles. The molecule has 5 heteroatoms. The number of amides is 1. The van der Waals surface area contributed by atoms with Crippen LogP contribution in [0.3, 0.4) is 0 Å². The molecule has 1 atom stereocenters.